The quantitative estimate of drug-likeness (QED) is 0.340. The Morgan fingerprint density at radius 1 is 1.32 bits per heavy atom. The van der Waals surface area contributed by atoms with Crippen LogP contribution in [0.1, 0.15) is 38.7 Å². The van der Waals surface area contributed by atoms with E-state index >= 15 is 0 Å². The summed E-state index contributed by atoms with van der Waals surface area (Å²) < 4.78 is 19.6. The molecule has 22 heavy (non-hydrogen) atoms. The molecule has 0 aromatic heterocycles. The van der Waals surface area contributed by atoms with Gasteiger partial charge in [-0.05, 0) is 48.2 Å². The Kier molecular flexibility index (Phi) is 7.69. The first-order chi connectivity index (χ1) is 10.3. The predicted octanol–water partition coefficient (Wildman–Crippen LogP) is 4.54. The van der Waals surface area contributed by atoms with Crippen molar-refractivity contribution >= 4 is 43.6 Å². The Morgan fingerprint density at radius 2 is 2.00 bits per heavy atom. The molecule has 6 heteroatoms. The largest absolute Gasteiger partial charge is 0.466 e. The van der Waals surface area contributed by atoms with Crippen LogP contribution in [0.5, 0.6) is 0 Å². The summed E-state index contributed by atoms with van der Waals surface area (Å²) in [5, 5.41) is 0.166. The zero-order valence-electron chi connectivity index (χ0n) is 12.6. The van der Waals surface area contributed by atoms with E-state index in [9.17, 15) is 14.0 Å². The van der Waals surface area contributed by atoms with Gasteiger partial charge in [-0.25, -0.2) is 4.39 Å². The highest BCUT2D eigenvalue weighted by atomic mass is 79.9. The molecule has 1 unspecified atom stereocenters. The van der Waals surface area contributed by atoms with Crippen molar-refractivity contribution in [1.29, 1.82) is 0 Å². The van der Waals surface area contributed by atoms with Crippen LogP contribution in [0, 0.1) is 5.82 Å². The third kappa shape index (κ3) is 4.88. The summed E-state index contributed by atoms with van der Waals surface area (Å²) in [5.74, 6) is -0.798. The summed E-state index contributed by atoms with van der Waals surface area (Å²) in [6.45, 7) is 3.43. The number of carbonyl (C=O) groups excluding carboxylic acids is 2. The average Bonchev–Trinajstić information content (AvgIpc) is 2.48. The Balaban J connectivity index is 2.89. The summed E-state index contributed by atoms with van der Waals surface area (Å²) in [4.78, 5) is 23.1. The van der Waals surface area contributed by atoms with Gasteiger partial charge in [-0.2, -0.15) is 0 Å². The van der Waals surface area contributed by atoms with E-state index in [1.165, 1.54) is 6.92 Å². The zero-order valence-corrected chi connectivity index (χ0v) is 15.8. The van der Waals surface area contributed by atoms with Crippen molar-refractivity contribution in [3.8, 4) is 0 Å². The first kappa shape index (κ1) is 19.3. The average molecular weight is 438 g/mol. The molecule has 0 spiro atoms. The van der Waals surface area contributed by atoms with Crippen LogP contribution >= 0.6 is 31.9 Å². The van der Waals surface area contributed by atoms with Crippen LogP contribution < -0.4 is 0 Å². The molecule has 122 valence electrons. The number of benzene rings is 1. The van der Waals surface area contributed by atoms with E-state index in [-0.39, 0.29) is 17.1 Å². The van der Waals surface area contributed by atoms with Gasteiger partial charge in [0, 0.05) is 12.5 Å². The van der Waals surface area contributed by atoms with Gasteiger partial charge in [0.25, 0.3) is 0 Å². The molecular formula is C16H19Br2FO3. The molecule has 0 aliphatic carbocycles. The van der Waals surface area contributed by atoms with Gasteiger partial charge >= 0.3 is 5.97 Å². The lowest BCUT2D eigenvalue weighted by atomic mass is 9.75. The standard InChI is InChI=1S/C16H19Br2FO3/c1-11(20)22-9-4-3-8-16(2,14(21)10-17)12-6-5-7-13(18)15(12)19/h5-7H,3-4,8-10H2,1-2H3. The molecule has 1 aromatic rings. The van der Waals surface area contributed by atoms with Crippen LogP contribution in [0.2, 0.25) is 0 Å². The first-order valence-electron chi connectivity index (χ1n) is 7.00. The van der Waals surface area contributed by atoms with E-state index < -0.39 is 11.2 Å². The van der Waals surface area contributed by atoms with Crippen molar-refractivity contribution in [3.05, 3.63) is 34.1 Å². The summed E-state index contributed by atoms with van der Waals surface area (Å²) in [5.41, 5.74) is -0.521. The lowest BCUT2D eigenvalue weighted by Gasteiger charge is -2.29. The molecule has 0 fully saturated rings. The molecule has 0 amide bonds. The minimum atomic E-state index is -0.909. The Labute approximate surface area is 146 Å². The van der Waals surface area contributed by atoms with Gasteiger partial charge in [-0.15, -0.1) is 0 Å². The second-order valence-corrected chi connectivity index (χ2v) is 6.70. The van der Waals surface area contributed by atoms with Crippen LogP contribution in [-0.2, 0) is 19.7 Å². The monoisotopic (exact) mass is 436 g/mol. The molecular weight excluding hydrogens is 419 g/mol. The van der Waals surface area contributed by atoms with Gasteiger partial charge in [0.05, 0.1) is 21.8 Å². The van der Waals surface area contributed by atoms with E-state index in [1.807, 2.05) is 0 Å². The van der Waals surface area contributed by atoms with Crippen molar-refractivity contribution in [1.82, 2.24) is 0 Å². The number of alkyl halides is 1. The van der Waals surface area contributed by atoms with Gasteiger partial charge in [-0.1, -0.05) is 28.1 Å². The third-order valence-electron chi connectivity index (χ3n) is 3.66. The fourth-order valence-corrected chi connectivity index (χ4v) is 3.28. The van der Waals surface area contributed by atoms with Gasteiger partial charge in [0.2, 0.25) is 0 Å². The third-order valence-corrected chi connectivity index (χ3v) is 4.78. The van der Waals surface area contributed by atoms with Crippen LogP contribution in [-0.4, -0.2) is 23.7 Å². The van der Waals surface area contributed by atoms with E-state index in [1.54, 1.807) is 25.1 Å². The van der Waals surface area contributed by atoms with Crippen LogP contribution in [0.25, 0.3) is 0 Å². The number of ketones is 1. The van der Waals surface area contributed by atoms with Crippen LogP contribution in [0.15, 0.2) is 22.7 Å². The Hall–Kier alpha value is -0.750. The smallest absolute Gasteiger partial charge is 0.302 e. The lowest BCUT2D eigenvalue weighted by Crippen LogP contribution is -2.34. The van der Waals surface area contributed by atoms with Crippen LogP contribution in [0.4, 0.5) is 4.39 Å². The number of hydrogen-bond acceptors (Lipinski definition) is 3. The van der Waals surface area contributed by atoms with Gasteiger partial charge in [0.15, 0.2) is 5.78 Å². The molecule has 0 radical (unpaired) electrons. The van der Waals surface area contributed by atoms with Crippen LogP contribution in [0.3, 0.4) is 0 Å². The fraction of sp³-hybridized carbons (Fsp3) is 0.500. The first-order valence-corrected chi connectivity index (χ1v) is 8.91. The van der Waals surface area contributed by atoms with Crippen molar-refractivity contribution in [2.24, 2.45) is 0 Å². The summed E-state index contributed by atoms with van der Waals surface area (Å²) in [6, 6.07) is 4.98. The molecule has 0 N–H and O–H groups in total. The number of Topliss-reactive ketones (excluding diaryl/α,β-unsaturated/α-hetero) is 1. The second kappa shape index (κ2) is 8.77. The lowest BCUT2D eigenvalue weighted by molar-refractivity contribution is -0.141. The Bertz CT molecular complexity index is 548. The predicted molar refractivity (Wildman–Crippen MR) is 90.7 cm³/mol. The number of hydrogen-bond donors (Lipinski definition) is 0. The summed E-state index contributed by atoms with van der Waals surface area (Å²) in [6.07, 6.45) is 1.79. The highest BCUT2D eigenvalue weighted by molar-refractivity contribution is 9.10. The van der Waals surface area contributed by atoms with E-state index in [4.69, 9.17) is 4.74 Å². The molecule has 1 atom stereocenters. The van der Waals surface area contributed by atoms with Gasteiger partial charge in [-0.3, -0.25) is 9.59 Å². The highest BCUT2D eigenvalue weighted by Crippen LogP contribution is 2.35. The summed E-state index contributed by atoms with van der Waals surface area (Å²) in [7, 11) is 0. The minimum Gasteiger partial charge on any atom is -0.466 e. The fourth-order valence-electron chi connectivity index (χ4n) is 2.30. The number of esters is 1. The SMILES string of the molecule is CC(=O)OCCCCC(C)(C(=O)CBr)c1cccc(Br)c1F. The highest BCUT2D eigenvalue weighted by Gasteiger charge is 2.36. The maximum absolute atomic E-state index is 14.4. The van der Waals surface area contributed by atoms with E-state index in [0.717, 1.165) is 0 Å². The maximum atomic E-state index is 14.4. The van der Waals surface area contributed by atoms with Crippen molar-refractivity contribution in [2.45, 2.75) is 38.5 Å². The molecule has 0 heterocycles. The number of halogens is 3. The summed E-state index contributed by atoms with van der Waals surface area (Å²) >= 11 is 6.34. The van der Waals surface area contributed by atoms with Gasteiger partial charge in [0.1, 0.15) is 5.82 Å². The second-order valence-electron chi connectivity index (χ2n) is 5.29. The van der Waals surface area contributed by atoms with Crippen molar-refractivity contribution in [2.75, 3.05) is 11.9 Å². The molecule has 0 saturated carbocycles. The van der Waals surface area contributed by atoms with Crippen molar-refractivity contribution < 1.29 is 18.7 Å². The van der Waals surface area contributed by atoms with Gasteiger partial charge < -0.3 is 4.74 Å². The maximum Gasteiger partial charge on any atom is 0.302 e. The van der Waals surface area contributed by atoms with E-state index in [0.29, 0.717) is 35.9 Å². The number of rotatable bonds is 8. The van der Waals surface area contributed by atoms with E-state index in [2.05, 4.69) is 31.9 Å². The minimum absolute atomic E-state index is 0.0722. The molecule has 1 rings (SSSR count). The molecule has 0 bridgehead atoms. The molecule has 3 nitrogen and oxygen atoms in total. The normalized spacial score (nSPS) is 13.5. The molecule has 0 aliphatic heterocycles. The number of carbonyl (C=O) groups is 2. The molecule has 1 aromatic carbocycles. The van der Waals surface area contributed by atoms with Crippen molar-refractivity contribution in [3.63, 3.8) is 0 Å². The molecule has 0 saturated heterocycles. The molecule has 0 aliphatic rings. The Morgan fingerprint density at radius 3 is 2.59 bits per heavy atom. The number of unbranched alkanes of at least 4 members (excludes halogenated alkanes) is 1. The zero-order chi connectivity index (χ0) is 16.8. The number of ether oxygens (including phenoxy) is 1. The topological polar surface area (TPSA) is 43.4 Å².